The van der Waals surface area contributed by atoms with Crippen LogP contribution in [0.3, 0.4) is 0 Å². The zero-order valence-electron chi connectivity index (χ0n) is 11.5. The zero-order valence-corrected chi connectivity index (χ0v) is 12.3. The van der Waals surface area contributed by atoms with E-state index < -0.39 is 0 Å². The molecule has 100 valence electrons. The van der Waals surface area contributed by atoms with Crippen LogP contribution in [0.1, 0.15) is 31.2 Å². The average molecular weight is 265 g/mol. The van der Waals surface area contributed by atoms with Gasteiger partial charge in [-0.15, -0.1) is 0 Å². The molecule has 2 nitrogen and oxygen atoms in total. The van der Waals surface area contributed by atoms with E-state index in [0.29, 0.717) is 18.0 Å². The SMILES string of the molecule is COc1cccc(C2CC(NC(C)CSC)C2)c1. The van der Waals surface area contributed by atoms with Gasteiger partial charge in [0.2, 0.25) is 0 Å². The molecule has 1 aromatic rings. The lowest BCUT2D eigenvalue weighted by Gasteiger charge is -2.38. The van der Waals surface area contributed by atoms with Crippen LogP contribution in [0.5, 0.6) is 5.75 Å². The van der Waals surface area contributed by atoms with Gasteiger partial charge < -0.3 is 10.1 Å². The number of benzene rings is 1. The topological polar surface area (TPSA) is 21.3 Å². The van der Waals surface area contributed by atoms with Gasteiger partial charge in [0.05, 0.1) is 7.11 Å². The van der Waals surface area contributed by atoms with E-state index in [-0.39, 0.29) is 0 Å². The van der Waals surface area contributed by atoms with Gasteiger partial charge in [0.25, 0.3) is 0 Å². The molecular formula is C15H23NOS. The van der Waals surface area contributed by atoms with Crippen molar-refractivity contribution in [2.75, 3.05) is 19.1 Å². The van der Waals surface area contributed by atoms with Gasteiger partial charge in [0.1, 0.15) is 5.75 Å². The summed E-state index contributed by atoms with van der Waals surface area (Å²) < 4.78 is 5.28. The second kappa shape index (κ2) is 6.48. The van der Waals surface area contributed by atoms with Gasteiger partial charge in [-0.3, -0.25) is 0 Å². The first-order valence-corrected chi connectivity index (χ1v) is 8.01. The fraction of sp³-hybridized carbons (Fsp3) is 0.600. The first-order valence-electron chi connectivity index (χ1n) is 6.62. The minimum Gasteiger partial charge on any atom is -0.497 e. The molecule has 1 fully saturated rings. The van der Waals surface area contributed by atoms with Crippen LogP contribution in [0.2, 0.25) is 0 Å². The monoisotopic (exact) mass is 265 g/mol. The average Bonchev–Trinajstić information content (AvgIpc) is 2.33. The Labute approximate surface area is 114 Å². The predicted molar refractivity (Wildman–Crippen MR) is 79.7 cm³/mol. The van der Waals surface area contributed by atoms with Crippen molar-refractivity contribution in [1.29, 1.82) is 0 Å². The summed E-state index contributed by atoms with van der Waals surface area (Å²) in [7, 11) is 1.73. The second-order valence-corrected chi connectivity index (χ2v) is 6.08. The lowest BCUT2D eigenvalue weighted by atomic mass is 9.75. The number of rotatable bonds is 6. The van der Waals surface area contributed by atoms with E-state index >= 15 is 0 Å². The van der Waals surface area contributed by atoms with E-state index in [1.807, 2.05) is 17.8 Å². The van der Waals surface area contributed by atoms with E-state index in [4.69, 9.17) is 4.74 Å². The van der Waals surface area contributed by atoms with Crippen molar-refractivity contribution < 1.29 is 4.74 Å². The Hall–Kier alpha value is -0.670. The molecule has 0 heterocycles. The molecule has 1 aliphatic rings. The van der Waals surface area contributed by atoms with Crippen LogP contribution < -0.4 is 10.1 Å². The standard InChI is InChI=1S/C15H23NOS/c1-11(10-18-3)16-14-7-13(8-14)12-5-4-6-15(9-12)17-2/h4-6,9,11,13-14,16H,7-8,10H2,1-3H3. The maximum absolute atomic E-state index is 5.28. The van der Waals surface area contributed by atoms with Crippen LogP contribution in [-0.2, 0) is 0 Å². The number of thioether (sulfide) groups is 1. The van der Waals surface area contributed by atoms with Crippen molar-refractivity contribution in [2.24, 2.45) is 0 Å². The summed E-state index contributed by atoms with van der Waals surface area (Å²) in [6, 6.07) is 9.81. The Kier molecular flexibility index (Phi) is 4.95. The third-order valence-electron chi connectivity index (χ3n) is 3.64. The van der Waals surface area contributed by atoms with E-state index in [0.717, 1.165) is 5.75 Å². The maximum Gasteiger partial charge on any atom is 0.119 e. The van der Waals surface area contributed by atoms with Crippen molar-refractivity contribution in [3.05, 3.63) is 29.8 Å². The number of hydrogen-bond donors (Lipinski definition) is 1. The first kappa shape index (κ1) is 13.8. The molecule has 3 heteroatoms. The Morgan fingerprint density at radius 3 is 2.89 bits per heavy atom. The lowest BCUT2D eigenvalue weighted by Crippen LogP contribution is -2.45. The molecule has 0 aliphatic heterocycles. The fourth-order valence-electron chi connectivity index (χ4n) is 2.62. The smallest absolute Gasteiger partial charge is 0.119 e. The molecule has 0 bridgehead atoms. The number of hydrogen-bond acceptors (Lipinski definition) is 3. The molecule has 1 N–H and O–H groups in total. The highest BCUT2D eigenvalue weighted by molar-refractivity contribution is 7.98. The molecular weight excluding hydrogens is 242 g/mol. The van der Waals surface area contributed by atoms with Gasteiger partial charge in [0, 0.05) is 17.8 Å². The van der Waals surface area contributed by atoms with E-state index in [9.17, 15) is 0 Å². The van der Waals surface area contributed by atoms with E-state index in [2.05, 4.69) is 36.7 Å². The van der Waals surface area contributed by atoms with Crippen LogP contribution in [0.25, 0.3) is 0 Å². The fourth-order valence-corrected chi connectivity index (χ4v) is 3.22. The van der Waals surface area contributed by atoms with E-state index in [1.165, 1.54) is 24.2 Å². The van der Waals surface area contributed by atoms with Gasteiger partial charge in [0.15, 0.2) is 0 Å². The van der Waals surface area contributed by atoms with Crippen LogP contribution in [0.15, 0.2) is 24.3 Å². The normalized spacial score (nSPS) is 24.4. The van der Waals surface area contributed by atoms with Crippen molar-refractivity contribution >= 4 is 11.8 Å². The first-order chi connectivity index (χ1) is 8.72. The minimum atomic E-state index is 0.622. The third kappa shape index (κ3) is 3.42. The van der Waals surface area contributed by atoms with Gasteiger partial charge >= 0.3 is 0 Å². The molecule has 1 unspecified atom stereocenters. The van der Waals surface area contributed by atoms with E-state index in [1.54, 1.807) is 7.11 Å². The van der Waals surface area contributed by atoms with Crippen LogP contribution >= 0.6 is 11.8 Å². The molecule has 1 aliphatic carbocycles. The zero-order chi connectivity index (χ0) is 13.0. The predicted octanol–water partition coefficient (Wildman–Crippen LogP) is 3.28. The summed E-state index contributed by atoms with van der Waals surface area (Å²) in [5.41, 5.74) is 1.42. The summed E-state index contributed by atoms with van der Waals surface area (Å²) in [6.45, 7) is 2.27. The van der Waals surface area contributed by atoms with Crippen LogP contribution in [-0.4, -0.2) is 31.2 Å². The van der Waals surface area contributed by atoms with Crippen molar-refractivity contribution in [1.82, 2.24) is 5.32 Å². The summed E-state index contributed by atoms with van der Waals surface area (Å²) in [5, 5.41) is 3.69. The summed E-state index contributed by atoms with van der Waals surface area (Å²) in [6.07, 6.45) is 4.68. The Morgan fingerprint density at radius 1 is 1.44 bits per heavy atom. The van der Waals surface area contributed by atoms with Crippen LogP contribution in [0.4, 0.5) is 0 Å². The second-order valence-electron chi connectivity index (χ2n) is 5.16. The Bertz CT molecular complexity index is 377. The summed E-state index contributed by atoms with van der Waals surface area (Å²) in [5.74, 6) is 2.87. The molecule has 0 amide bonds. The molecule has 0 spiro atoms. The molecule has 0 radical (unpaired) electrons. The molecule has 0 aromatic heterocycles. The Balaban J connectivity index is 1.81. The number of nitrogens with one attached hydrogen (secondary N) is 1. The molecule has 2 rings (SSSR count). The highest BCUT2D eigenvalue weighted by atomic mass is 32.2. The van der Waals surface area contributed by atoms with Gasteiger partial charge in [-0.25, -0.2) is 0 Å². The lowest BCUT2D eigenvalue weighted by molar-refractivity contribution is 0.275. The highest BCUT2D eigenvalue weighted by Gasteiger charge is 2.30. The third-order valence-corrected chi connectivity index (χ3v) is 4.47. The van der Waals surface area contributed by atoms with Gasteiger partial charge in [-0.05, 0) is 49.6 Å². The maximum atomic E-state index is 5.28. The van der Waals surface area contributed by atoms with Crippen molar-refractivity contribution in [2.45, 2.75) is 37.8 Å². The molecule has 1 saturated carbocycles. The Morgan fingerprint density at radius 2 is 2.22 bits per heavy atom. The molecule has 1 atom stereocenters. The number of methoxy groups -OCH3 is 1. The minimum absolute atomic E-state index is 0.622. The van der Waals surface area contributed by atoms with Crippen molar-refractivity contribution in [3.63, 3.8) is 0 Å². The van der Waals surface area contributed by atoms with Crippen LogP contribution in [0, 0.1) is 0 Å². The van der Waals surface area contributed by atoms with Gasteiger partial charge in [-0.1, -0.05) is 12.1 Å². The molecule has 0 saturated heterocycles. The summed E-state index contributed by atoms with van der Waals surface area (Å²) in [4.78, 5) is 0. The molecule has 1 aromatic carbocycles. The van der Waals surface area contributed by atoms with Gasteiger partial charge in [-0.2, -0.15) is 11.8 Å². The highest BCUT2D eigenvalue weighted by Crippen LogP contribution is 2.38. The van der Waals surface area contributed by atoms with Crippen molar-refractivity contribution in [3.8, 4) is 5.75 Å². The largest absolute Gasteiger partial charge is 0.497 e. The molecule has 18 heavy (non-hydrogen) atoms. The number of ether oxygens (including phenoxy) is 1. The quantitative estimate of drug-likeness (QED) is 0.853. The summed E-state index contributed by atoms with van der Waals surface area (Å²) >= 11 is 1.91.